The maximum atomic E-state index is 8.79. The molecule has 1 aromatic heterocycles. The lowest BCUT2D eigenvalue weighted by molar-refractivity contribution is 0.234. The minimum absolute atomic E-state index is 0.117. The second-order valence-corrected chi connectivity index (χ2v) is 4.36. The predicted octanol–water partition coefficient (Wildman–Crippen LogP) is 2.04. The van der Waals surface area contributed by atoms with Crippen LogP contribution in [0.4, 0.5) is 11.4 Å². The summed E-state index contributed by atoms with van der Waals surface area (Å²) in [6, 6.07) is 11.2. The van der Waals surface area contributed by atoms with Crippen molar-refractivity contribution in [1.82, 2.24) is 4.98 Å². The molecule has 5 nitrogen and oxygen atoms in total. The Hall–Kier alpha value is -2.27. The van der Waals surface area contributed by atoms with Crippen molar-refractivity contribution in [2.45, 2.75) is 13.0 Å². The van der Waals surface area contributed by atoms with Gasteiger partial charge in [0.15, 0.2) is 0 Å². The van der Waals surface area contributed by atoms with Gasteiger partial charge in [0.25, 0.3) is 0 Å². The first-order valence-corrected chi connectivity index (χ1v) is 6.56. The molecule has 5 heteroatoms. The number of rotatable bonds is 7. The maximum Gasteiger partial charge on any atom is 0.142 e. The van der Waals surface area contributed by atoms with Gasteiger partial charge < -0.3 is 20.9 Å². The molecule has 1 heterocycles. The molecule has 0 atom stereocenters. The number of aliphatic hydroxyl groups is 1. The van der Waals surface area contributed by atoms with Crippen LogP contribution < -0.4 is 15.8 Å². The van der Waals surface area contributed by atoms with Gasteiger partial charge in [-0.05, 0) is 30.3 Å². The van der Waals surface area contributed by atoms with Gasteiger partial charge in [0, 0.05) is 24.9 Å². The predicted molar refractivity (Wildman–Crippen MR) is 79.6 cm³/mol. The summed E-state index contributed by atoms with van der Waals surface area (Å²) in [5.74, 6) is 0.726. The number of ether oxygens (including phenoxy) is 1. The highest BCUT2D eigenvalue weighted by Gasteiger charge is 2.04. The highest BCUT2D eigenvalue weighted by atomic mass is 16.5. The van der Waals surface area contributed by atoms with Crippen LogP contribution in [0.2, 0.25) is 0 Å². The van der Waals surface area contributed by atoms with Crippen LogP contribution in [0.5, 0.6) is 5.75 Å². The number of nitrogen functional groups attached to an aromatic ring is 1. The first-order valence-electron chi connectivity index (χ1n) is 6.56. The summed E-state index contributed by atoms with van der Waals surface area (Å²) in [6.07, 6.45) is 2.36. The van der Waals surface area contributed by atoms with Gasteiger partial charge in [-0.3, -0.25) is 4.98 Å². The Labute approximate surface area is 118 Å². The molecule has 0 aliphatic heterocycles. The number of hydrogen-bond acceptors (Lipinski definition) is 5. The van der Waals surface area contributed by atoms with E-state index in [0.29, 0.717) is 25.3 Å². The molecule has 0 aliphatic rings. The molecule has 0 spiro atoms. The van der Waals surface area contributed by atoms with E-state index >= 15 is 0 Å². The zero-order chi connectivity index (χ0) is 14.2. The third kappa shape index (κ3) is 4.13. The summed E-state index contributed by atoms with van der Waals surface area (Å²) in [4.78, 5) is 4.25. The van der Waals surface area contributed by atoms with Gasteiger partial charge >= 0.3 is 0 Å². The fraction of sp³-hybridized carbons (Fsp3) is 0.267. The highest BCUT2D eigenvalue weighted by Crippen LogP contribution is 2.27. The van der Waals surface area contributed by atoms with Crippen molar-refractivity contribution < 1.29 is 9.84 Å². The van der Waals surface area contributed by atoms with Crippen LogP contribution in [0.3, 0.4) is 0 Å². The monoisotopic (exact) mass is 273 g/mol. The zero-order valence-electron chi connectivity index (χ0n) is 11.2. The number of benzene rings is 1. The Bertz CT molecular complexity index is 532. The molecule has 1 aromatic carbocycles. The van der Waals surface area contributed by atoms with Crippen molar-refractivity contribution in [3.63, 3.8) is 0 Å². The van der Waals surface area contributed by atoms with Crippen LogP contribution in [0, 0.1) is 0 Å². The summed E-state index contributed by atoms with van der Waals surface area (Å²) < 4.78 is 5.62. The molecule has 4 N–H and O–H groups in total. The minimum Gasteiger partial charge on any atom is -0.491 e. The van der Waals surface area contributed by atoms with Crippen molar-refractivity contribution in [1.29, 1.82) is 0 Å². The van der Waals surface area contributed by atoms with Crippen LogP contribution in [-0.4, -0.2) is 23.3 Å². The van der Waals surface area contributed by atoms with Gasteiger partial charge in [-0.1, -0.05) is 6.07 Å². The average molecular weight is 273 g/mol. The van der Waals surface area contributed by atoms with Gasteiger partial charge in [0.1, 0.15) is 5.75 Å². The summed E-state index contributed by atoms with van der Waals surface area (Å²) >= 11 is 0. The standard InChI is InChI=1S/C15H19N3O2/c16-12-5-6-15(20-9-3-8-19)14(10-12)18-11-13-4-1-2-7-17-13/h1-2,4-7,10,18-19H,3,8-9,11,16H2. The van der Waals surface area contributed by atoms with Gasteiger partial charge in [0.05, 0.1) is 24.5 Å². The molecular weight excluding hydrogens is 254 g/mol. The number of anilines is 2. The summed E-state index contributed by atoms with van der Waals surface area (Å²) in [5.41, 5.74) is 8.24. The fourth-order valence-corrected chi connectivity index (χ4v) is 1.75. The summed E-state index contributed by atoms with van der Waals surface area (Å²) in [6.45, 7) is 1.19. The number of aromatic nitrogens is 1. The smallest absolute Gasteiger partial charge is 0.142 e. The zero-order valence-corrected chi connectivity index (χ0v) is 11.2. The van der Waals surface area contributed by atoms with Crippen LogP contribution in [0.25, 0.3) is 0 Å². The van der Waals surface area contributed by atoms with Crippen LogP contribution in [0.15, 0.2) is 42.6 Å². The molecule has 0 unspecified atom stereocenters. The molecule has 0 saturated carbocycles. The molecule has 0 fully saturated rings. The van der Waals surface area contributed by atoms with Gasteiger partial charge in [-0.25, -0.2) is 0 Å². The van der Waals surface area contributed by atoms with Gasteiger partial charge in [0.2, 0.25) is 0 Å². The molecule has 20 heavy (non-hydrogen) atoms. The minimum atomic E-state index is 0.117. The number of hydrogen-bond donors (Lipinski definition) is 3. The molecule has 0 radical (unpaired) electrons. The lowest BCUT2D eigenvalue weighted by atomic mass is 10.2. The van der Waals surface area contributed by atoms with E-state index in [1.807, 2.05) is 30.3 Å². The Morgan fingerprint density at radius 1 is 1.25 bits per heavy atom. The number of pyridine rings is 1. The lowest BCUT2D eigenvalue weighted by Gasteiger charge is -2.13. The van der Waals surface area contributed by atoms with Crippen molar-refractivity contribution >= 4 is 11.4 Å². The van der Waals surface area contributed by atoms with E-state index in [1.165, 1.54) is 0 Å². The Morgan fingerprint density at radius 3 is 2.90 bits per heavy atom. The van der Waals surface area contributed by atoms with Crippen LogP contribution in [-0.2, 0) is 6.54 Å². The second-order valence-electron chi connectivity index (χ2n) is 4.36. The van der Waals surface area contributed by atoms with E-state index in [2.05, 4.69) is 10.3 Å². The quantitative estimate of drug-likeness (QED) is 0.531. The third-order valence-corrected chi connectivity index (χ3v) is 2.75. The van der Waals surface area contributed by atoms with E-state index < -0.39 is 0 Å². The third-order valence-electron chi connectivity index (χ3n) is 2.75. The number of nitrogens with two attached hydrogens (primary N) is 1. The normalized spacial score (nSPS) is 10.2. The fourth-order valence-electron chi connectivity index (χ4n) is 1.75. The topological polar surface area (TPSA) is 80.4 Å². The van der Waals surface area contributed by atoms with Crippen molar-refractivity contribution in [3.8, 4) is 5.75 Å². The number of nitrogens with zero attached hydrogens (tertiary/aromatic N) is 1. The molecule has 0 amide bonds. The Balaban J connectivity index is 2.03. The van der Waals surface area contributed by atoms with E-state index in [4.69, 9.17) is 15.6 Å². The molecule has 0 saturated heterocycles. The SMILES string of the molecule is Nc1ccc(OCCCO)c(NCc2ccccn2)c1. The molecular formula is C15H19N3O2. The lowest BCUT2D eigenvalue weighted by Crippen LogP contribution is -2.06. The van der Waals surface area contributed by atoms with E-state index in [-0.39, 0.29) is 6.61 Å². The van der Waals surface area contributed by atoms with E-state index in [9.17, 15) is 0 Å². The van der Waals surface area contributed by atoms with Crippen LogP contribution in [0.1, 0.15) is 12.1 Å². The summed E-state index contributed by atoms with van der Waals surface area (Å²) in [7, 11) is 0. The van der Waals surface area contributed by atoms with Gasteiger partial charge in [-0.15, -0.1) is 0 Å². The van der Waals surface area contributed by atoms with Crippen molar-refractivity contribution in [3.05, 3.63) is 48.3 Å². The molecule has 0 bridgehead atoms. The van der Waals surface area contributed by atoms with Gasteiger partial charge in [-0.2, -0.15) is 0 Å². The number of nitrogens with one attached hydrogen (secondary N) is 1. The maximum absolute atomic E-state index is 8.79. The highest BCUT2D eigenvalue weighted by molar-refractivity contribution is 5.63. The first-order chi connectivity index (χ1) is 9.79. The Kier molecular flexibility index (Phi) is 5.20. The first kappa shape index (κ1) is 14.1. The molecule has 2 rings (SSSR count). The Morgan fingerprint density at radius 2 is 2.15 bits per heavy atom. The average Bonchev–Trinajstić information content (AvgIpc) is 2.48. The van der Waals surface area contributed by atoms with E-state index in [1.54, 1.807) is 12.3 Å². The van der Waals surface area contributed by atoms with Crippen molar-refractivity contribution in [2.75, 3.05) is 24.3 Å². The van der Waals surface area contributed by atoms with Crippen molar-refractivity contribution in [2.24, 2.45) is 0 Å². The van der Waals surface area contributed by atoms with Crippen LogP contribution >= 0.6 is 0 Å². The second kappa shape index (κ2) is 7.35. The molecule has 0 aliphatic carbocycles. The van der Waals surface area contributed by atoms with E-state index in [0.717, 1.165) is 17.1 Å². The molecule has 2 aromatic rings. The largest absolute Gasteiger partial charge is 0.491 e. The molecule has 106 valence electrons. The number of aliphatic hydroxyl groups excluding tert-OH is 1. The summed E-state index contributed by atoms with van der Waals surface area (Å²) in [5, 5.41) is 12.1.